The number of hydrogen-bond acceptors (Lipinski definition) is 2. The number of amides is 1. The molecule has 29 heavy (non-hydrogen) atoms. The molecule has 0 saturated carbocycles. The number of ether oxygens (including phenoxy) is 1. The zero-order valence-corrected chi connectivity index (χ0v) is 16.4. The number of nitrogens with two attached hydrogens (primary N) is 1. The van der Waals surface area contributed by atoms with E-state index in [0.717, 1.165) is 33.3 Å². The van der Waals surface area contributed by atoms with Crippen LogP contribution in [-0.4, -0.2) is 10.5 Å². The highest BCUT2D eigenvalue weighted by atomic mass is 16.5. The van der Waals surface area contributed by atoms with Crippen molar-refractivity contribution in [3.63, 3.8) is 0 Å². The normalized spacial score (nSPS) is 12.0. The number of benzene rings is 3. The van der Waals surface area contributed by atoms with E-state index >= 15 is 0 Å². The van der Waals surface area contributed by atoms with E-state index in [1.807, 2.05) is 73.8 Å². The fourth-order valence-electron chi connectivity index (χ4n) is 3.82. The van der Waals surface area contributed by atoms with Crippen LogP contribution in [-0.2, 0) is 18.4 Å². The van der Waals surface area contributed by atoms with Crippen LogP contribution in [0.3, 0.4) is 0 Å². The number of primary amides is 1. The van der Waals surface area contributed by atoms with Crippen LogP contribution in [0.2, 0.25) is 0 Å². The van der Waals surface area contributed by atoms with Gasteiger partial charge in [0.25, 0.3) is 0 Å². The number of rotatable bonds is 7. The van der Waals surface area contributed by atoms with Crippen LogP contribution in [0, 0.1) is 0 Å². The maximum Gasteiger partial charge on any atom is 0.218 e. The zero-order valence-electron chi connectivity index (χ0n) is 16.4. The Morgan fingerprint density at radius 1 is 1.00 bits per heavy atom. The van der Waals surface area contributed by atoms with Crippen molar-refractivity contribution < 1.29 is 9.53 Å². The highest BCUT2D eigenvalue weighted by molar-refractivity contribution is 5.86. The standard InChI is InChI=1S/C25H24N2O2/c1-27-16-23(21-12-5-6-13-24(21)27)22(15-25(26)28)19-10-7-11-20(14-19)29-17-18-8-3-2-4-9-18/h2-14,16,22H,15,17H2,1H3,(H2,26,28)/t22-/m1/s1. The molecule has 0 fully saturated rings. The zero-order chi connectivity index (χ0) is 20.2. The first-order valence-electron chi connectivity index (χ1n) is 9.71. The first-order chi connectivity index (χ1) is 14.1. The van der Waals surface area contributed by atoms with Crippen molar-refractivity contribution in [1.29, 1.82) is 0 Å². The van der Waals surface area contributed by atoms with Crippen molar-refractivity contribution in [2.24, 2.45) is 12.8 Å². The molecule has 1 atom stereocenters. The molecule has 0 radical (unpaired) electrons. The Morgan fingerprint density at radius 2 is 1.76 bits per heavy atom. The van der Waals surface area contributed by atoms with Crippen molar-refractivity contribution in [3.8, 4) is 5.75 Å². The highest BCUT2D eigenvalue weighted by Crippen LogP contribution is 2.35. The summed E-state index contributed by atoms with van der Waals surface area (Å²) in [5.41, 5.74) is 9.98. The summed E-state index contributed by atoms with van der Waals surface area (Å²) in [6.07, 6.45) is 2.34. The summed E-state index contributed by atoms with van der Waals surface area (Å²) >= 11 is 0. The fraction of sp³-hybridized carbons (Fsp3) is 0.160. The van der Waals surface area contributed by atoms with Gasteiger partial charge in [0.2, 0.25) is 5.91 Å². The molecule has 4 heteroatoms. The third-order valence-corrected chi connectivity index (χ3v) is 5.22. The molecular formula is C25H24N2O2. The lowest BCUT2D eigenvalue weighted by molar-refractivity contribution is -0.118. The summed E-state index contributed by atoms with van der Waals surface area (Å²) in [5, 5.41) is 1.14. The number of hydrogen-bond donors (Lipinski definition) is 1. The minimum absolute atomic E-state index is 0.126. The van der Waals surface area contributed by atoms with Crippen LogP contribution in [0.25, 0.3) is 10.9 Å². The van der Waals surface area contributed by atoms with Crippen molar-refractivity contribution in [1.82, 2.24) is 4.57 Å². The maximum absolute atomic E-state index is 11.9. The monoisotopic (exact) mass is 384 g/mol. The average molecular weight is 384 g/mol. The molecule has 4 nitrogen and oxygen atoms in total. The van der Waals surface area contributed by atoms with Gasteiger partial charge in [0, 0.05) is 36.5 Å². The summed E-state index contributed by atoms with van der Waals surface area (Å²) in [6.45, 7) is 0.499. The van der Waals surface area contributed by atoms with Gasteiger partial charge < -0.3 is 15.0 Å². The average Bonchev–Trinajstić information content (AvgIpc) is 3.08. The molecule has 1 amide bonds. The summed E-state index contributed by atoms with van der Waals surface area (Å²) in [4.78, 5) is 11.9. The third-order valence-electron chi connectivity index (χ3n) is 5.22. The van der Waals surface area contributed by atoms with Gasteiger partial charge in [-0.1, -0.05) is 60.7 Å². The molecule has 1 heterocycles. The molecule has 2 N–H and O–H groups in total. The molecule has 146 valence electrons. The number of para-hydroxylation sites is 1. The Hall–Kier alpha value is -3.53. The van der Waals surface area contributed by atoms with Crippen molar-refractivity contribution in [2.75, 3.05) is 0 Å². The molecule has 1 aromatic heterocycles. The second-order valence-corrected chi connectivity index (χ2v) is 7.28. The second kappa shape index (κ2) is 8.23. The Morgan fingerprint density at radius 3 is 2.55 bits per heavy atom. The van der Waals surface area contributed by atoms with Crippen LogP contribution < -0.4 is 10.5 Å². The summed E-state index contributed by atoms with van der Waals surface area (Å²) in [7, 11) is 2.02. The van der Waals surface area contributed by atoms with Crippen molar-refractivity contribution in [2.45, 2.75) is 18.9 Å². The van der Waals surface area contributed by atoms with E-state index in [2.05, 4.69) is 22.9 Å². The van der Waals surface area contributed by atoms with Gasteiger partial charge in [-0.25, -0.2) is 0 Å². The van der Waals surface area contributed by atoms with Gasteiger partial charge in [-0.2, -0.15) is 0 Å². The molecular weight excluding hydrogens is 360 g/mol. The lowest BCUT2D eigenvalue weighted by Crippen LogP contribution is -2.16. The first kappa shape index (κ1) is 18.8. The minimum atomic E-state index is -0.321. The molecule has 4 aromatic rings. The molecule has 0 saturated heterocycles. The van der Waals surface area contributed by atoms with E-state index < -0.39 is 0 Å². The van der Waals surface area contributed by atoms with Crippen LogP contribution >= 0.6 is 0 Å². The van der Waals surface area contributed by atoms with E-state index in [9.17, 15) is 4.79 Å². The van der Waals surface area contributed by atoms with Crippen LogP contribution in [0.5, 0.6) is 5.75 Å². The smallest absolute Gasteiger partial charge is 0.218 e. The summed E-state index contributed by atoms with van der Waals surface area (Å²) in [5.74, 6) is 0.332. The molecule has 0 unspecified atom stereocenters. The molecule has 0 spiro atoms. The Labute approximate surface area is 170 Å². The number of aryl methyl sites for hydroxylation is 1. The predicted molar refractivity (Wildman–Crippen MR) is 116 cm³/mol. The number of carbonyl (C=O) groups excluding carboxylic acids is 1. The first-order valence-corrected chi connectivity index (χ1v) is 9.71. The second-order valence-electron chi connectivity index (χ2n) is 7.28. The fourth-order valence-corrected chi connectivity index (χ4v) is 3.82. The summed E-state index contributed by atoms with van der Waals surface area (Å²) < 4.78 is 8.09. The molecule has 0 aliphatic carbocycles. The third kappa shape index (κ3) is 4.16. The van der Waals surface area contributed by atoms with Gasteiger partial charge in [0.05, 0.1) is 0 Å². The van der Waals surface area contributed by atoms with Crippen molar-refractivity contribution in [3.05, 3.63) is 102 Å². The topological polar surface area (TPSA) is 57.2 Å². The van der Waals surface area contributed by atoms with E-state index in [1.54, 1.807) is 0 Å². The van der Waals surface area contributed by atoms with Gasteiger partial charge in [-0.15, -0.1) is 0 Å². The molecule has 3 aromatic carbocycles. The van der Waals surface area contributed by atoms with Crippen LogP contribution in [0.15, 0.2) is 85.1 Å². The van der Waals surface area contributed by atoms with E-state index in [1.165, 1.54) is 0 Å². The molecule has 0 aliphatic rings. The van der Waals surface area contributed by atoms with Gasteiger partial charge in [-0.3, -0.25) is 4.79 Å². The highest BCUT2D eigenvalue weighted by Gasteiger charge is 2.21. The number of carbonyl (C=O) groups is 1. The Kier molecular flexibility index (Phi) is 5.34. The van der Waals surface area contributed by atoms with Gasteiger partial charge in [0.15, 0.2) is 0 Å². The van der Waals surface area contributed by atoms with Gasteiger partial charge in [0.1, 0.15) is 12.4 Å². The molecule has 0 bridgehead atoms. The minimum Gasteiger partial charge on any atom is -0.489 e. The summed E-state index contributed by atoms with van der Waals surface area (Å²) in [6, 6.07) is 26.2. The van der Waals surface area contributed by atoms with Gasteiger partial charge in [-0.05, 0) is 34.9 Å². The van der Waals surface area contributed by atoms with Crippen molar-refractivity contribution >= 4 is 16.8 Å². The lowest BCUT2D eigenvalue weighted by Gasteiger charge is -2.17. The SMILES string of the molecule is Cn1cc([C@H](CC(N)=O)c2cccc(OCc3ccccc3)c2)c2ccccc21. The van der Waals surface area contributed by atoms with E-state index in [-0.39, 0.29) is 18.2 Å². The lowest BCUT2D eigenvalue weighted by atomic mass is 9.88. The van der Waals surface area contributed by atoms with Crippen LogP contribution in [0.4, 0.5) is 0 Å². The van der Waals surface area contributed by atoms with E-state index in [4.69, 9.17) is 10.5 Å². The maximum atomic E-state index is 11.9. The molecule has 0 aliphatic heterocycles. The van der Waals surface area contributed by atoms with Gasteiger partial charge >= 0.3 is 0 Å². The Balaban J connectivity index is 1.67. The number of fused-ring (bicyclic) bond motifs is 1. The largest absolute Gasteiger partial charge is 0.489 e. The Bertz CT molecular complexity index is 1130. The number of aromatic nitrogens is 1. The quantitative estimate of drug-likeness (QED) is 0.499. The van der Waals surface area contributed by atoms with Crippen LogP contribution in [0.1, 0.15) is 29.0 Å². The predicted octanol–water partition coefficient (Wildman–Crippen LogP) is 4.76. The van der Waals surface area contributed by atoms with E-state index in [0.29, 0.717) is 6.61 Å². The molecule has 4 rings (SSSR count). The number of nitrogens with zero attached hydrogens (tertiary/aromatic N) is 1.